The maximum absolute atomic E-state index is 12.5. The second kappa shape index (κ2) is 9.69. The summed E-state index contributed by atoms with van der Waals surface area (Å²) in [6, 6.07) is 4.14. The molecule has 150 valence electrons. The number of carbonyl (C=O) groups excluding carboxylic acids is 2. The Morgan fingerprint density at radius 3 is 2.74 bits per heavy atom. The van der Waals surface area contributed by atoms with Gasteiger partial charge >= 0.3 is 6.09 Å². The minimum atomic E-state index is -0.517. The third-order valence-corrected chi connectivity index (χ3v) is 4.21. The molecular weight excluding hydrogens is 344 g/mol. The summed E-state index contributed by atoms with van der Waals surface area (Å²) in [6.07, 6.45) is 4.38. The van der Waals surface area contributed by atoms with E-state index < -0.39 is 5.60 Å². The average molecular weight is 377 g/mol. The van der Waals surface area contributed by atoms with Gasteiger partial charge in [-0.05, 0) is 71.0 Å². The molecular formula is C20H32N4O3. The number of unbranched alkanes of at least 4 members (excludes halogenated alkanes) is 1. The lowest BCUT2D eigenvalue weighted by Gasteiger charge is -2.31. The van der Waals surface area contributed by atoms with Gasteiger partial charge < -0.3 is 10.1 Å². The van der Waals surface area contributed by atoms with Gasteiger partial charge in [0, 0.05) is 19.2 Å². The zero-order valence-corrected chi connectivity index (χ0v) is 16.9. The first-order chi connectivity index (χ1) is 12.8. The molecule has 0 spiro atoms. The quantitative estimate of drug-likeness (QED) is 0.565. The van der Waals surface area contributed by atoms with Crippen molar-refractivity contribution in [3.8, 4) is 0 Å². The van der Waals surface area contributed by atoms with Gasteiger partial charge in [-0.15, -0.1) is 0 Å². The lowest BCUT2D eigenvalue weighted by molar-refractivity contribution is -0.119. The number of nitrogens with zero attached hydrogens (tertiary/aromatic N) is 2. The van der Waals surface area contributed by atoms with Crippen LogP contribution in [0, 0.1) is 0 Å². The number of fused-ring (bicyclic) bond motifs is 1. The number of aryl methyl sites for hydroxylation is 2. The second-order valence-corrected chi connectivity index (χ2v) is 7.89. The van der Waals surface area contributed by atoms with Crippen LogP contribution in [0.1, 0.15) is 58.2 Å². The molecule has 27 heavy (non-hydrogen) atoms. The van der Waals surface area contributed by atoms with E-state index in [4.69, 9.17) is 9.72 Å². The number of rotatable bonds is 7. The van der Waals surface area contributed by atoms with Gasteiger partial charge in [0.15, 0.2) is 0 Å². The highest BCUT2D eigenvalue weighted by Gasteiger charge is 2.28. The molecule has 0 fully saturated rings. The topological polar surface area (TPSA) is 83.6 Å². The van der Waals surface area contributed by atoms with Crippen molar-refractivity contribution in [1.29, 1.82) is 0 Å². The van der Waals surface area contributed by atoms with E-state index >= 15 is 0 Å². The highest BCUT2D eigenvalue weighted by molar-refractivity contribution is 5.88. The molecule has 2 heterocycles. The fourth-order valence-corrected chi connectivity index (χ4v) is 2.94. The molecule has 2 rings (SSSR count). The van der Waals surface area contributed by atoms with Gasteiger partial charge in [0.2, 0.25) is 5.91 Å². The molecule has 0 aromatic carbocycles. The second-order valence-electron chi connectivity index (χ2n) is 7.89. The minimum Gasteiger partial charge on any atom is -0.443 e. The van der Waals surface area contributed by atoms with Crippen LogP contribution in [0.4, 0.5) is 10.6 Å². The number of hydrogen-bond acceptors (Lipinski definition) is 5. The van der Waals surface area contributed by atoms with E-state index in [9.17, 15) is 9.59 Å². The van der Waals surface area contributed by atoms with Gasteiger partial charge in [0.1, 0.15) is 11.4 Å². The summed E-state index contributed by atoms with van der Waals surface area (Å²) in [5, 5.41) is 5.88. The van der Waals surface area contributed by atoms with Crippen LogP contribution in [0.25, 0.3) is 0 Å². The third-order valence-electron chi connectivity index (χ3n) is 4.21. The largest absolute Gasteiger partial charge is 0.443 e. The van der Waals surface area contributed by atoms with E-state index in [-0.39, 0.29) is 12.0 Å². The smallest absolute Gasteiger partial charge is 0.416 e. The van der Waals surface area contributed by atoms with Crippen LogP contribution in [0.2, 0.25) is 0 Å². The normalized spacial score (nSPS) is 13.9. The van der Waals surface area contributed by atoms with Crippen molar-refractivity contribution < 1.29 is 14.3 Å². The van der Waals surface area contributed by atoms with Crippen molar-refractivity contribution in [2.75, 3.05) is 24.7 Å². The molecule has 0 aliphatic carbocycles. The molecule has 7 nitrogen and oxygen atoms in total. The van der Waals surface area contributed by atoms with Crippen LogP contribution in [0.5, 0.6) is 0 Å². The summed E-state index contributed by atoms with van der Waals surface area (Å²) >= 11 is 0. The Balaban J connectivity index is 1.89. The summed E-state index contributed by atoms with van der Waals surface area (Å²) in [7, 11) is 0. The lowest BCUT2D eigenvalue weighted by atomic mass is 10.0. The number of carbonyl (C=O) groups is 2. The number of aromatic nitrogens is 1. The fourth-order valence-electron chi connectivity index (χ4n) is 2.94. The number of hydrogen-bond donors (Lipinski definition) is 2. The van der Waals surface area contributed by atoms with E-state index in [1.165, 1.54) is 6.92 Å². The first-order valence-corrected chi connectivity index (χ1v) is 9.71. The van der Waals surface area contributed by atoms with Gasteiger partial charge in [-0.25, -0.2) is 9.78 Å². The molecule has 2 N–H and O–H groups in total. The Labute approximate surface area is 161 Å². The predicted octanol–water partition coefficient (Wildman–Crippen LogP) is 2.78. The summed E-state index contributed by atoms with van der Waals surface area (Å²) < 4.78 is 5.54. The number of anilines is 1. The number of pyridine rings is 1. The van der Waals surface area contributed by atoms with E-state index in [1.807, 2.05) is 20.8 Å². The molecule has 7 heteroatoms. The standard InChI is InChI=1S/C20H32N4O3/c1-15(25)22-14-21-12-6-5-9-17-11-10-16-8-7-13-24(18(16)23-17)19(26)27-20(2,3)4/h10-11,21H,5-9,12-14H2,1-4H3,(H,22,25). The van der Waals surface area contributed by atoms with Gasteiger partial charge in [-0.2, -0.15) is 0 Å². The zero-order chi connectivity index (χ0) is 19.9. The van der Waals surface area contributed by atoms with Crippen molar-refractivity contribution in [1.82, 2.24) is 15.6 Å². The average Bonchev–Trinajstić information content (AvgIpc) is 2.58. The van der Waals surface area contributed by atoms with E-state index in [1.54, 1.807) is 4.90 Å². The molecule has 0 bridgehead atoms. The summed E-state index contributed by atoms with van der Waals surface area (Å²) in [4.78, 5) is 29.7. The maximum Gasteiger partial charge on any atom is 0.416 e. The Morgan fingerprint density at radius 2 is 2.04 bits per heavy atom. The van der Waals surface area contributed by atoms with Gasteiger partial charge in [0.25, 0.3) is 0 Å². The Morgan fingerprint density at radius 1 is 1.26 bits per heavy atom. The molecule has 0 saturated carbocycles. The molecule has 1 aliphatic rings. The molecule has 0 saturated heterocycles. The number of nitrogens with one attached hydrogen (secondary N) is 2. The van der Waals surface area contributed by atoms with E-state index in [2.05, 4.69) is 22.8 Å². The van der Waals surface area contributed by atoms with Crippen LogP contribution in [-0.4, -0.2) is 42.3 Å². The minimum absolute atomic E-state index is 0.0321. The van der Waals surface area contributed by atoms with E-state index in [0.29, 0.717) is 13.2 Å². The monoisotopic (exact) mass is 376 g/mol. The Bertz CT molecular complexity index is 655. The molecule has 0 unspecified atom stereocenters. The van der Waals surface area contributed by atoms with Gasteiger partial charge in [-0.1, -0.05) is 6.07 Å². The molecule has 0 radical (unpaired) electrons. The molecule has 1 aliphatic heterocycles. The van der Waals surface area contributed by atoms with E-state index in [0.717, 1.165) is 55.7 Å². The molecule has 1 aromatic rings. The maximum atomic E-state index is 12.5. The summed E-state index contributed by atoms with van der Waals surface area (Å²) in [6.45, 7) is 9.11. The van der Waals surface area contributed by atoms with Crippen LogP contribution in [-0.2, 0) is 22.4 Å². The highest BCUT2D eigenvalue weighted by atomic mass is 16.6. The molecule has 0 atom stereocenters. The summed E-state index contributed by atoms with van der Waals surface area (Å²) in [5.41, 5.74) is 1.58. The van der Waals surface area contributed by atoms with Crippen molar-refractivity contribution in [2.45, 2.75) is 65.4 Å². The van der Waals surface area contributed by atoms with Crippen molar-refractivity contribution in [3.63, 3.8) is 0 Å². The van der Waals surface area contributed by atoms with Crippen molar-refractivity contribution in [2.24, 2.45) is 0 Å². The first kappa shape index (κ1) is 21.2. The third kappa shape index (κ3) is 7.17. The first-order valence-electron chi connectivity index (χ1n) is 9.71. The van der Waals surface area contributed by atoms with Crippen LogP contribution in [0.3, 0.4) is 0 Å². The molecule has 2 amide bonds. The van der Waals surface area contributed by atoms with Crippen molar-refractivity contribution >= 4 is 17.8 Å². The van der Waals surface area contributed by atoms with Crippen LogP contribution >= 0.6 is 0 Å². The SMILES string of the molecule is CC(=O)NCNCCCCc1ccc2c(n1)N(C(=O)OC(C)(C)C)CCC2. The van der Waals surface area contributed by atoms with Gasteiger partial charge in [-0.3, -0.25) is 15.0 Å². The van der Waals surface area contributed by atoms with Gasteiger partial charge in [0.05, 0.1) is 6.67 Å². The molecule has 1 aromatic heterocycles. The lowest BCUT2D eigenvalue weighted by Crippen LogP contribution is -2.40. The fraction of sp³-hybridized carbons (Fsp3) is 0.650. The summed E-state index contributed by atoms with van der Waals surface area (Å²) in [5.74, 6) is 0.715. The predicted molar refractivity (Wildman–Crippen MR) is 106 cm³/mol. The van der Waals surface area contributed by atoms with Crippen LogP contribution < -0.4 is 15.5 Å². The Hall–Kier alpha value is -2.15. The zero-order valence-electron chi connectivity index (χ0n) is 16.9. The highest BCUT2D eigenvalue weighted by Crippen LogP contribution is 2.27. The number of ether oxygens (including phenoxy) is 1. The van der Waals surface area contributed by atoms with Crippen LogP contribution in [0.15, 0.2) is 12.1 Å². The van der Waals surface area contributed by atoms with Crippen molar-refractivity contribution in [3.05, 3.63) is 23.4 Å². The Kier molecular flexibility index (Phi) is 7.59. The number of amides is 2.